The number of para-hydroxylation sites is 1. The Morgan fingerprint density at radius 3 is 2.26 bits per heavy atom. The fourth-order valence-corrected chi connectivity index (χ4v) is 2.76. The molecule has 0 aliphatic heterocycles. The zero-order valence-corrected chi connectivity index (χ0v) is 15.4. The first-order valence-electron chi connectivity index (χ1n) is 8.87. The van der Waals surface area contributed by atoms with Crippen LogP contribution in [0.2, 0.25) is 0 Å². The molecule has 3 rings (SSSR count). The van der Waals surface area contributed by atoms with Gasteiger partial charge in [0.05, 0.1) is 6.61 Å². The van der Waals surface area contributed by atoms with Gasteiger partial charge in [-0.15, -0.1) is 0 Å². The normalized spacial score (nSPS) is 10.4. The summed E-state index contributed by atoms with van der Waals surface area (Å²) in [7, 11) is 1.67. The van der Waals surface area contributed by atoms with Gasteiger partial charge < -0.3 is 14.8 Å². The molecule has 0 atom stereocenters. The van der Waals surface area contributed by atoms with Gasteiger partial charge >= 0.3 is 0 Å². The van der Waals surface area contributed by atoms with Crippen molar-refractivity contribution >= 4 is 5.91 Å². The number of benzene rings is 3. The van der Waals surface area contributed by atoms with E-state index in [1.165, 1.54) is 0 Å². The summed E-state index contributed by atoms with van der Waals surface area (Å²) in [4.78, 5) is 12.2. The van der Waals surface area contributed by atoms with Gasteiger partial charge in [-0.1, -0.05) is 72.8 Å². The molecule has 0 bridgehead atoms. The number of nitrogens with one attached hydrogen (secondary N) is 1. The number of amides is 1. The summed E-state index contributed by atoms with van der Waals surface area (Å²) in [5.41, 5.74) is 4.17. The lowest BCUT2D eigenvalue weighted by Crippen LogP contribution is -2.28. The Morgan fingerprint density at radius 2 is 1.52 bits per heavy atom. The number of hydrogen-bond acceptors (Lipinski definition) is 3. The Labute approximate surface area is 159 Å². The molecule has 0 aliphatic carbocycles. The monoisotopic (exact) mass is 361 g/mol. The highest BCUT2D eigenvalue weighted by Gasteiger charge is 2.08. The summed E-state index contributed by atoms with van der Waals surface area (Å²) in [6.45, 7) is 1.03. The van der Waals surface area contributed by atoms with Gasteiger partial charge in [-0.05, 0) is 22.8 Å². The number of carbonyl (C=O) groups excluding carboxylic acids is 1. The maximum Gasteiger partial charge on any atom is 0.258 e. The number of ether oxygens (including phenoxy) is 2. The van der Waals surface area contributed by atoms with Crippen molar-refractivity contribution in [3.8, 4) is 16.9 Å². The van der Waals surface area contributed by atoms with Crippen LogP contribution in [0.5, 0.6) is 5.75 Å². The summed E-state index contributed by atoms with van der Waals surface area (Å²) < 4.78 is 10.9. The highest BCUT2D eigenvalue weighted by atomic mass is 16.5. The largest absolute Gasteiger partial charge is 0.483 e. The Balaban J connectivity index is 1.54. The van der Waals surface area contributed by atoms with E-state index in [9.17, 15) is 4.79 Å². The van der Waals surface area contributed by atoms with Crippen molar-refractivity contribution in [1.29, 1.82) is 0 Å². The molecular weight excluding hydrogens is 338 g/mol. The van der Waals surface area contributed by atoms with E-state index in [4.69, 9.17) is 9.47 Å². The van der Waals surface area contributed by atoms with Gasteiger partial charge in [0, 0.05) is 19.2 Å². The van der Waals surface area contributed by atoms with E-state index in [1.807, 2.05) is 78.9 Å². The van der Waals surface area contributed by atoms with Crippen LogP contribution < -0.4 is 10.1 Å². The highest BCUT2D eigenvalue weighted by Crippen LogP contribution is 2.29. The molecular formula is C23H23NO3. The Morgan fingerprint density at radius 1 is 0.852 bits per heavy atom. The molecule has 0 aliphatic rings. The average molecular weight is 361 g/mol. The Kier molecular flexibility index (Phi) is 6.61. The van der Waals surface area contributed by atoms with Gasteiger partial charge in [0.2, 0.25) is 0 Å². The topological polar surface area (TPSA) is 47.6 Å². The molecule has 4 nitrogen and oxygen atoms in total. The summed E-state index contributed by atoms with van der Waals surface area (Å²) in [5, 5.41) is 2.88. The molecule has 0 saturated heterocycles. The SMILES string of the molecule is COCc1ccc(CNC(=O)COc2ccccc2-c2ccccc2)cc1. The quantitative estimate of drug-likeness (QED) is 0.654. The van der Waals surface area contributed by atoms with Crippen LogP contribution in [-0.4, -0.2) is 19.6 Å². The van der Waals surface area contributed by atoms with Crippen molar-refractivity contribution in [2.45, 2.75) is 13.2 Å². The molecule has 1 amide bonds. The smallest absolute Gasteiger partial charge is 0.258 e. The summed E-state index contributed by atoms with van der Waals surface area (Å²) >= 11 is 0. The molecule has 0 saturated carbocycles. The maximum absolute atomic E-state index is 12.2. The third-order valence-electron chi connectivity index (χ3n) is 4.15. The van der Waals surface area contributed by atoms with Gasteiger partial charge in [-0.25, -0.2) is 0 Å². The first-order chi connectivity index (χ1) is 13.3. The molecule has 3 aromatic carbocycles. The third kappa shape index (κ3) is 5.43. The number of hydrogen-bond donors (Lipinski definition) is 1. The maximum atomic E-state index is 12.2. The Hall–Kier alpha value is -3.11. The first-order valence-corrected chi connectivity index (χ1v) is 8.87. The van der Waals surface area contributed by atoms with Crippen LogP contribution in [0.3, 0.4) is 0 Å². The van der Waals surface area contributed by atoms with Crippen molar-refractivity contribution < 1.29 is 14.3 Å². The van der Waals surface area contributed by atoms with Crippen molar-refractivity contribution in [2.24, 2.45) is 0 Å². The minimum Gasteiger partial charge on any atom is -0.483 e. The van der Waals surface area contributed by atoms with Crippen LogP contribution in [0.25, 0.3) is 11.1 Å². The molecule has 0 fully saturated rings. The van der Waals surface area contributed by atoms with Crippen molar-refractivity contribution in [3.05, 3.63) is 90.0 Å². The number of rotatable bonds is 8. The van der Waals surface area contributed by atoms with E-state index >= 15 is 0 Å². The van der Waals surface area contributed by atoms with Gasteiger partial charge in [0.25, 0.3) is 5.91 Å². The van der Waals surface area contributed by atoms with Crippen LogP contribution in [0.15, 0.2) is 78.9 Å². The second kappa shape index (κ2) is 9.55. The summed E-state index contributed by atoms with van der Waals surface area (Å²) in [6, 6.07) is 25.7. The molecule has 138 valence electrons. The Bertz CT molecular complexity index is 860. The van der Waals surface area contributed by atoms with Crippen LogP contribution in [0, 0.1) is 0 Å². The molecule has 0 aromatic heterocycles. The van der Waals surface area contributed by atoms with Crippen LogP contribution in [0.1, 0.15) is 11.1 Å². The zero-order chi connectivity index (χ0) is 18.9. The molecule has 3 aromatic rings. The summed E-state index contributed by atoms with van der Waals surface area (Å²) in [6.07, 6.45) is 0. The molecule has 0 unspecified atom stereocenters. The van der Waals surface area contributed by atoms with E-state index in [-0.39, 0.29) is 12.5 Å². The van der Waals surface area contributed by atoms with E-state index in [2.05, 4.69) is 5.32 Å². The van der Waals surface area contributed by atoms with Crippen molar-refractivity contribution in [2.75, 3.05) is 13.7 Å². The minimum absolute atomic E-state index is 0.0222. The van der Waals surface area contributed by atoms with Crippen LogP contribution in [-0.2, 0) is 22.7 Å². The highest BCUT2D eigenvalue weighted by molar-refractivity contribution is 5.78. The van der Waals surface area contributed by atoms with Gasteiger partial charge in [-0.3, -0.25) is 4.79 Å². The second-order valence-electron chi connectivity index (χ2n) is 6.18. The standard InChI is InChI=1S/C23H23NO3/c1-26-16-19-13-11-18(12-14-19)15-24-23(25)17-27-22-10-6-5-9-21(22)20-7-3-2-4-8-20/h2-14H,15-17H2,1H3,(H,24,25). The predicted octanol–water partition coefficient (Wildman–Crippen LogP) is 4.20. The van der Waals surface area contributed by atoms with E-state index < -0.39 is 0 Å². The predicted molar refractivity (Wildman–Crippen MR) is 106 cm³/mol. The van der Waals surface area contributed by atoms with Crippen molar-refractivity contribution in [1.82, 2.24) is 5.32 Å². The second-order valence-corrected chi connectivity index (χ2v) is 6.18. The van der Waals surface area contributed by atoms with Gasteiger partial charge in [0.1, 0.15) is 5.75 Å². The zero-order valence-electron chi connectivity index (χ0n) is 15.4. The van der Waals surface area contributed by atoms with Gasteiger partial charge in [0.15, 0.2) is 6.61 Å². The van der Waals surface area contributed by atoms with Crippen LogP contribution >= 0.6 is 0 Å². The van der Waals surface area contributed by atoms with Crippen LogP contribution in [0.4, 0.5) is 0 Å². The van der Waals surface area contributed by atoms with Crippen molar-refractivity contribution in [3.63, 3.8) is 0 Å². The molecule has 0 spiro atoms. The summed E-state index contributed by atoms with van der Waals surface area (Å²) in [5.74, 6) is 0.543. The first kappa shape index (κ1) is 18.7. The molecule has 4 heteroatoms. The molecule has 0 radical (unpaired) electrons. The molecule has 27 heavy (non-hydrogen) atoms. The molecule has 1 N–H and O–H groups in total. The number of methoxy groups -OCH3 is 1. The fourth-order valence-electron chi connectivity index (χ4n) is 2.76. The fraction of sp³-hybridized carbons (Fsp3) is 0.174. The van der Waals surface area contributed by atoms with E-state index in [0.29, 0.717) is 18.9 Å². The van der Waals surface area contributed by atoms with E-state index in [0.717, 1.165) is 22.3 Å². The minimum atomic E-state index is -0.154. The lowest BCUT2D eigenvalue weighted by Gasteiger charge is -2.12. The average Bonchev–Trinajstić information content (AvgIpc) is 2.73. The number of carbonyl (C=O) groups is 1. The lowest BCUT2D eigenvalue weighted by molar-refractivity contribution is -0.123. The van der Waals surface area contributed by atoms with Gasteiger partial charge in [-0.2, -0.15) is 0 Å². The third-order valence-corrected chi connectivity index (χ3v) is 4.15. The van der Waals surface area contributed by atoms with E-state index in [1.54, 1.807) is 7.11 Å². The molecule has 0 heterocycles. The lowest BCUT2D eigenvalue weighted by atomic mass is 10.1.